The summed E-state index contributed by atoms with van der Waals surface area (Å²) in [6.07, 6.45) is 6.52. The summed E-state index contributed by atoms with van der Waals surface area (Å²) in [6.45, 7) is 1.58. The number of nitrogens with one attached hydrogen (secondary N) is 7. The number of benzene rings is 4. The van der Waals surface area contributed by atoms with E-state index < -0.39 is 71.4 Å². The lowest BCUT2D eigenvalue weighted by molar-refractivity contribution is -0.118. The largest absolute Gasteiger partial charge is 0.496 e. The summed E-state index contributed by atoms with van der Waals surface area (Å²) < 4.78 is 16.2. The molecule has 80 heavy (non-hydrogen) atoms. The van der Waals surface area contributed by atoms with Crippen molar-refractivity contribution in [2.24, 2.45) is 34.4 Å². The van der Waals surface area contributed by atoms with E-state index in [2.05, 4.69) is 37.2 Å². The van der Waals surface area contributed by atoms with Crippen LogP contribution in [0, 0.1) is 0 Å². The van der Waals surface area contributed by atoms with E-state index in [1.807, 2.05) is 0 Å². The summed E-state index contributed by atoms with van der Waals surface area (Å²) in [6, 6.07) is 15.2. The van der Waals surface area contributed by atoms with Crippen LogP contribution >= 0.6 is 0 Å². The van der Waals surface area contributed by atoms with E-state index in [0.717, 1.165) is 19.3 Å². The van der Waals surface area contributed by atoms with Gasteiger partial charge in [0, 0.05) is 28.3 Å². The fourth-order valence-corrected chi connectivity index (χ4v) is 8.38. The van der Waals surface area contributed by atoms with Crippen molar-refractivity contribution in [1.82, 2.24) is 16.0 Å². The summed E-state index contributed by atoms with van der Waals surface area (Å²) in [5.41, 5.74) is 35.6. The van der Waals surface area contributed by atoms with Crippen LogP contribution in [-0.4, -0.2) is 119 Å². The van der Waals surface area contributed by atoms with Crippen molar-refractivity contribution < 1.29 is 52.6 Å². The molecule has 4 atom stereocenters. The maximum atomic E-state index is 14.1. The smallest absolute Gasteiger partial charge is 0.255 e. The number of rotatable bonds is 35. The zero-order valence-corrected chi connectivity index (χ0v) is 45.8. The van der Waals surface area contributed by atoms with E-state index in [1.165, 1.54) is 82.0 Å². The summed E-state index contributed by atoms with van der Waals surface area (Å²) in [5.74, 6) is -4.49. The Morgan fingerprint density at radius 3 is 1.16 bits per heavy atom. The number of primary amides is 1. The molecule has 0 radical (unpaired) electrons. The highest BCUT2D eigenvalue weighted by Crippen LogP contribution is 2.27. The number of hydrogen-bond acceptors (Lipinski definition) is 16. The third kappa shape index (κ3) is 20.3. The second-order valence-corrected chi connectivity index (χ2v) is 18.8. The molecule has 0 heterocycles. The van der Waals surface area contributed by atoms with E-state index >= 15 is 0 Å². The van der Waals surface area contributed by atoms with Crippen molar-refractivity contribution >= 4 is 70.0 Å². The van der Waals surface area contributed by atoms with Crippen LogP contribution in [0.1, 0.15) is 125 Å². The second kappa shape index (κ2) is 34.0. The average molecular weight is 1110 g/mol. The van der Waals surface area contributed by atoms with Gasteiger partial charge < -0.3 is 85.8 Å². The Balaban J connectivity index is 1.50. The Morgan fingerprint density at radius 2 is 0.762 bits per heavy atom. The number of nitrogens with two attached hydrogens (primary N) is 6. The molecular weight excluding hydrogens is 1030 g/mol. The zero-order chi connectivity index (χ0) is 58.6. The van der Waals surface area contributed by atoms with Crippen molar-refractivity contribution in [1.29, 1.82) is 0 Å². The molecule has 0 aliphatic heterocycles. The summed E-state index contributed by atoms with van der Waals surface area (Å²) >= 11 is 0. The predicted molar refractivity (Wildman–Crippen MR) is 306 cm³/mol. The molecule has 0 aliphatic rings. The molecule has 19 N–H and O–H groups in total. The van der Waals surface area contributed by atoms with E-state index in [1.54, 1.807) is 18.2 Å². The Kier molecular flexibility index (Phi) is 27.3. The van der Waals surface area contributed by atoms with E-state index in [0.29, 0.717) is 76.8 Å². The first kappa shape index (κ1) is 64.4. The molecule has 8 amide bonds. The van der Waals surface area contributed by atoms with Crippen LogP contribution in [0.15, 0.2) is 78.9 Å². The number of hydrogen-bond donors (Lipinski definition) is 13. The molecule has 0 unspecified atom stereocenters. The van der Waals surface area contributed by atoms with Gasteiger partial charge in [-0.25, -0.2) is 0 Å². The lowest BCUT2D eigenvalue weighted by Gasteiger charge is -2.21. The number of unbranched alkanes of at least 4 members (excludes halogenated alkanes) is 5. The van der Waals surface area contributed by atoms with Gasteiger partial charge in [-0.15, -0.1) is 0 Å². The Labute approximate surface area is 466 Å². The van der Waals surface area contributed by atoms with Crippen molar-refractivity contribution in [3.8, 4) is 17.2 Å². The van der Waals surface area contributed by atoms with Crippen LogP contribution < -0.4 is 85.8 Å². The number of carbonyl (C=O) groups excluding carboxylic acids is 8. The van der Waals surface area contributed by atoms with Crippen LogP contribution in [0.3, 0.4) is 0 Å². The maximum absolute atomic E-state index is 14.1. The topological polar surface area (TPSA) is 405 Å². The Bertz CT molecular complexity index is 2740. The molecule has 0 saturated carbocycles. The molecule has 434 valence electrons. The van der Waals surface area contributed by atoms with Crippen LogP contribution in [0.5, 0.6) is 17.2 Å². The first-order valence-corrected chi connectivity index (χ1v) is 26.7. The summed E-state index contributed by atoms with van der Waals surface area (Å²) in [4.78, 5) is 108. The van der Waals surface area contributed by atoms with Crippen molar-refractivity contribution in [3.63, 3.8) is 0 Å². The van der Waals surface area contributed by atoms with Crippen LogP contribution in [0.4, 0.5) is 22.7 Å². The molecule has 0 bridgehead atoms. The SMILES string of the molecule is COc1ccc(NC(=O)[C@H](CCCCN)NC(=O)c2cc(NC(=O)[C@H](CCCCN)NC(=O)c3cccc(NC(=O)[C@H](CCCCN)NC(=O)c4cc(NC(=O)[C@@H](N)CCCCCN)ccc4OC)c3)ccc2OC)cc1C(N)=O. The maximum Gasteiger partial charge on any atom is 0.255 e. The normalized spacial score (nSPS) is 12.3. The lowest BCUT2D eigenvalue weighted by Crippen LogP contribution is -2.44. The van der Waals surface area contributed by atoms with Crippen molar-refractivity contribution in [2.75, 3.05) is 68.8 Å². The van der Waals surface area contributed by atoms with Gasteiger partial charge in [-0.05, 0) is 170 Å². The zero-order valence-electron chi connectivity index (χ0n) is 45.8. The second-order valence-electron chi connectivity index (χ2n) is 18.8. The highest BCUT2D eigenvalue weighted by molar-refractivity contribution is 6.07. The molecule has 0 spiro atoms. The van der Waals surface area contributed by atoms with Gasteiger partial charge >= 0.3 is 0 Å². The molecular formula is C56H79N13O11. The Hall–Kier alpha value is -8.16. The number of methoxy groups -OCH3 is 3. The van der Waals surface area contributed by atoms with Crippen LogP contribution in [0.25, 0.3) is 0 Å². The minimum Gasteiger partial charge on any atom is -0.496 e. The van der Waals surface area contributed by atoms with Gasteiger partial charge in [-0.1, -0.05) is 18.9 Å². The monoisotopic (exact) mass is 1110 g/mol. The highest BCUT2D eigenvalue weighted by Gasteiger charge is 2.28. The number of carbonyl (C=O) groups is 8. The molecule has 0 aromatic heterocycles. The van der Waals surface area contributed by atoms with Gasteiger partial charge in [0.25, 0.3) is 23.6 Å². The fourth-order valence-electron chi connectivity index (χ4n) is 8.38. The van der Waals surface area contributed by atoms with Crippen LogP contribution in [-0.2, 0) is 19.2 Å². The van der Waals surface area contributed by atoms with E-state index in [-0.39, 0.29) is 75.8 Å². The number of anilines is 4. The summed E-state index contributed by atoms with van der Waals surface area (Å²) in [5, 5.41) is 19.4. The lowest BCUT2D eigenvalue weighted by atomic mass is 10.1. The number of ether oxygens (including phenoxy) is 3. The van der Waals surface area contributed by atoms with Crippen molar-refractivity contribution in [2.45, 2.75) is 108 Å². The van der Waals surface area contributed by atoms with Crippen LogP contribution in [0.2, 0.25) is 0 Å². The van der Waals surface area contributed by atoms with Gasteiger partial charge in [0.1, 0.15) is 35.4 Å². The number of amides is 8. The Morgan fingerprint density at radius 1 is 0.412 bits per heavy atom. The molecule has 4 aromatic carbocycles. The van der Waals surface area contributed by atoms with E-state index in [4.69, 9.17) is 48.6 Å². The fraction of sp³-hybridized carbons (Fsp3) is 0.429. The van der Waals surface area contributed by atoms with Crippen molar-refractivity contribution in [3.05, 3.63) is 101 Å². The molecule has 24 heteroatoms. The third-order valence-corrected chi connectivity index (χ3v) is 12.8. The van der Waals surface area contributed by atoms with E-state index in [9.17, 15) is 38.4 Å². The van der Waals surface area contributed by atoms with Gasteiger partial charge in [0.2, 0.25) is 23.6 Å². The van der Waals surface area contributed by atoms with Gasteiger partial charge in [-0.2, -0.15) is 0 Å². The van der Waals surface area contributed by atoms with Gasteiger partial charge in [0.05, 0.1) is 44.1 Å². The predicted octanol–water partition coefficient (Wildman–Crippen LogP) is 3.19. The first-order chi connectivity index (χ1) is 38.5. The molecule has 0 aliphatic carbocycles. The summed E-state index contributed by atoms with van der Waals surface area (Å²) in [7, 11) is 4.11. The molecule has 0 fully saturated rings. The molecule has 24 nitrogen and oxygen atoms in total. The van der Waals surface area contributed by atoms with Gasteiger partial charge in [-0.3, -0.25) is 38.4 Å². The molecule has 0 saturated heterocycles. The minimum atomic E-state index is -1.11. The third-order valence-electron chi connectivity index (χ3n) is 12.8. The van der Waals surface area contributed by atoms with Gasteiger partial charge in [0.15, 0.2) is 0 Å². The quantitative estimate of drug-likeness (QED) is 0.0294. The highest BCUT2D eigenvalue weighted by atomic mass is 16.5. The molecule has 4 aromatic rings. The molecule has 4 rings (SSSR count). The standard InChI is InChI=1S/C56H79N13O11/c1-78-46-23-20-36(31-39(46)49(62)70)65-56(77)45(19-8-12-29-60)69-52(73)41-33-38(22-25-48(41)80-3)66-54(75)43(17-6-10-27-58)67-50(71)34-14-13-15-35(30-34)64-55(76)44(18-7-11-28-59)68-51(72)40-32-37(21-24-47(40)79-2)63-53(74)42(61)16-5-4-9-26-57/h13-15,20-25,30-33,42-45H,4-12,16-19,26-29,57-61H2,1-3H3,(H2,62,70)(H,63,74)(H,64,76)(H,65,77)(H,66,75)(H,67,71)(H,68,72)(H,69,73)/t42-,43-,44-,45-/m0/s1. The average Bonchev–Trinajstić information content (AvgIpc) is 3.46. The first-order valence-electron chi connectivity index (χ1n) is 26.7. The minimum absolute atomic E-state index is 0.0213.